The van der Waals surface area contributed by atoms with Gasteiger partial charge in [0.1, 0.15) is 11.5 Å². The molecular formula is C17H18BrN3. The molecule has 0 aliphatic rings. The molecule has 4 heteroatoms. The lowest BCUT2D eigenvalue weighted by Gasteiger charge is -2.13. The number of halogens is 1. The van der Waals surface area contributed by atoms with Crippen molar-refractivity contribution in [2.24, 2.45) is 0 Å². The molecule has 1 aromatic carbocycles. The number of hydrogen-bond donors (Lipinski definition) is 1. The zero-order valence-corrected chi connectivity index (χ0v) is 14.0. The van der Waals surface area contributed by atoms with Crippen LogP contribution < -0.4 is 5.32 Å². The van der Waals surface area contributed by atoms with Crippen LogP contribution in [0.15, 0.2) is 41.0 Å². The van der Waals surface area contributed by atoms with Gasteiger partial charge < -0.3 is 5.32 Å². The number of benzene rings is 1. The molecule has 0 unspecified atom stereocenters. The fourth-order valence-electron chi connectivity index (χ4n) is 2.58. The molecular weight excluding hydrogens is 326 g/mol. The van der Waals surface area contributed by atoms with Crippen LogP contribution >= 0.6 is 15.9 Å². The third kappa shape index (κ3) is 2.56. The molecule has 0 amide bonds. The maximum Gasteiger partial charge on any atom is 0.138 e. The van der Waals surface area contributed by atoms with Gasteiger partial charge >= 0.3 is 0 Å². The Labute approximate surface area is 133 Å². The van der Waals surface area contributed by atoms with E-state index in [1.165, 1.54) is 11.1 Å². The molecule has 0 saturated heterocycles. The molecule has 0 saturated carbocycles. The second-order valence-electron chi connectivity index (χ2n) is 5.23. The summed E-state index contributed by atoms with van der Waals surface area (Å²) >= 11 is 3.54. The number of para-hydroxylation sites is 1. The molecule has 0 bridgehead atoms. The van der Waals surface area contributed by atoms with Crippen molar-refractivity contribution >= 4 is 33.1 Å². The number of rotatable bonds is 3. The lowest BCUT2D eigenvalue weighted by atomic mass is 10.1. The molecule has 21 heavy (non-hydrogen) atoms. The summed E-state index contributed by atoms with van der Waals surface area (Å²) in [5, 5.41) is 3.59. The van der Waals surface area contributed by atoms with Gasteiger partial charge in [-0.2, -0.15) is 0 Å². The Hall–Kier alpha value is -1.81. The number of aromatic nitrogens is 2. The topological polar surface area (TPSA) is 29.3 Å². The van der Waals surface area contributed by atoms with E-state index in [1.54, 1.807) is 0 Å². The van der Waals surface area contributed by atoms with Crippen molar-refractivity contribution in [1.82, 2.24) is 9.38 Å². The first-order valence-electron chi connectivity index (χ1n) is 7.10. The van der Waals surface area contributed by atoms with E-state index in [0.29, 0.717) is 0 Å². The predicted octanol–water partition coefficient (Wildman–Crippen LogP) is 5.02. The fourth-order valence-corrected chi connectivity index (χ4v) is 2.91. The monoisotopic (exact) mass is 343 g/mol. The van der Waals surface area contributed by atoms with Crippen molar-refractivity contribution in [1.29, 1.82) is 0 Å². The predicted molar refractivity (Wildman–Crippen MR) is 91.5 cm³/mol. The Morgan fingerprint density at radius 1 is 1.14 bits per heavy atom. The summed E-state index contributed by atoms with van der Waals surface area (Å²) in [6, 6.07) is 10.4. The number of anilines is 2. The lowest BCUT2D eigenvalue weighted by molar-refractivity contribution is 1.07. The van der Waals surface area contributed by atoms with Gasteiger partial charge in [0.25, 0.3) is 0 Å². The maximum atomic E-state index is 4.71. The van der Waals surface area contributed by atoms with E-state index in [-0.39, 0.29) is 0 Å². The number of fused-ring (bicyclic) bond motifs is 1. The van der Waals surface area contributed by atoms with Crippen LogP contribution in [0.5, 0.6) is 0 Å². The second-order valence-corrected chi connectivity index (χ2v) is 6.14. The average Bonchev–Trinajstić information content (AvgIpc) is 2.80. The van der Waals surface area contributed by atoms with Gasteiger partial charge in [-0.25, -0.2) is 4.98 Å². The number of imidazole rings is 1. The highest BCUT2D eigenvalue weighted by atomic mass is 79.9. The van der Waals surface area contributed by atoms with Crippen molar-refractivity contribution in [2.75, 3.05) is 5.32 Å². The van der Waals surface area contributed by atoms with Crippen LogP contribution in [0.3, 0.4) is 0 Å². The molecule has 0 atom stereocenters. The van der Waals surface area contributed by atoms with Gasteiger partial charge in [0.2, 0.25) is 0 Å². The number of pyridine rings is 1. The second kappa shape index (κ2) is 5.53. The minimum atomic E-state index is 0.895. The largest absolute Gasteiger partial charge is 0.339 e. The summed E-state index contributed by atoms with van der Waals surface area (Å²) in [7, 11) is 0. The minimum Gasteiger partial charge on any atom is -0.339 e. The molecule has 0 fully saturated rings. The Morgan fingerprint density at radius 3 is 2.52 bits per heavy atom. The zero-order chi connectivity index (χ0) is 15.0. The number of nitrogens with one attached hydrogen (secondary N) is 1. The SMILES string of the molecule is CCc1nc2ccc(Br)cn2c1Nc1c(C)cccc1C. The highest BCUT2D eigenvalue weighted by Crippen LogP contribution is 2.28. The molecule has 108 valence electrons. The van der Waals surface area contributed by atoms with E-state index in [2.05, 4.69) is 70.8 Å². The number of hydrogen-bond acceptors (Lipinski definition) is 2. The molecule has 1 N–H and O–H groups in total. The number of nitrogens with zero attached hydrogens (tertiary/aromatic N) is 2. The quantitative estimate of drug-likeness (QED) is 0.723. The van der Waals surface area contributed by atoms with Gasteiger partial charge in [-0.15, -0.1) is 0 Å². The van der Waals surface area contributed by atoms with Gasteiger partial charge in [0.15, 0.2) is 0 Å². The van der Waals surface area contributed by atoms with Gasteiger partial charge in [0.05, 0.1) is 5.69 Å². The summed E-state index contributed by atoms with van der Waals surface area (Å²) in [6.45, 7) is 6.38. The lowest BCUT2D eigenvalue weighted by Crippen LogP contribution is -2.01. The first kappa shape index (κ1) is 14.1. The summed E-state index contributed by atoms with van der Waals surface area (Å²) in [5.41, 5.74) is 5.68. The van der Waals surface area contributed by atoms with E-state index in [9.17, 15) is 0 Å². The third-order valence-electron chi connectivity index (χ3n) is 3.71. The first-order chi connectivity index (χ1) is 10.1. The molecule has 0 aliphatic heterocycles. The van der Waals surface area contributed by atoms with E-state index >= 15 is 0 Å². The summed E-state index contributed by atoms with van der Waals surface area (Å²) < 4.78 is 3.15. The van der Waals surface area contributed by atoms with E-state index in [4.69, 9.17) is 4.98 Å². The Balaban J connectivity index is 2.17. The summed E-state index contributed by atoms with van der Waals surface area (Å²) in [4.78, 5) is 4.71. The zero-order valence-electron chi connectivity index (χ0n) is 12.4. The highest BCUT2D eigenvalue weighted by Gasteiger charge is 2.13. The van der Waals surface area contributed by atoms with E-state index in [0.717, 1.165) is 33.7 Å². The highest BCUT2D eigenvalue weighted by molar-refractivity contribution is 9.10. The molecule has 2 aromatic heterocycles. The van der Waals surface area contributed by atoms with Gasteiger partial charge in [-0.1, -0.05) is 25.1 Å². The molecule has 2 heterocycles. The minimum absolute atomic E-state index is 0.895. The molecule has 3 rings (SSSR count). The smallest absolute Gasteiger partial charge is 0.138 e. The normalized spacial score (nSPS) is 11.0. The van der Waals surface area contributed by atoms with Crippen LogP contribution in [-0.4, -0.2) is 9.38 Å². The molecule has 0 aliphatic carbocycles. The van der Waals surface area contributed by atoms with Crippen molar-refractivity contribution < 1.29 is 0 Å². The van der Waals surface area contributed by atoms with Crippen molar-refractivity contribution in [2.45, 2.75) is 27.2 Å². The van der Waals surface area contributed by atoms with Crippen molar-refractivity contribution in [3.63, 3.8) is 0 Å². The molecule has 0 radical (unpaired) electrons. The maximum absolute atomic E-state index is 4.71. The summed E-state index contributed by atoms with van der Waals surface area (Å²) in [5.74, 6) is 1.05. The van der Waals surface area contributed by atoms with E-state index < -0.39 is 0 Å². The fraction of sp³-hybridized carbons (Fsp3) is 0.235. The van der Waals surface area contributed by atoms with E-state index in [1.807, 2.05) is 12.1 Å². The Kier molecular flexibility index (Phi) is 3.72. The van der Waals surface area contributed by atoms with Crippen LogP contribution in [0.25, 0.3) is 5.65 Å². The average molecular weight is 344 g/mol. The van der Waals surface area contributed by atoms with Crippen LogP contribution in [-0.2, 0) is 6.42 Å². The third-order valence-corrected chi connectivity index (χ3v) is 4.18. The Morgan fingerprint density at radius 2 is 1.86 bits per heavy atom. The standard InChI is InChI=1S/C17H18BrN3/c1-4-14-17(20-16-11(2)6-5-7-12(16)3)21-10-13(18)8-9-15(21)19-14/h5-10,20H,4H2,1-3H3. The number of aryl methyl sites for hydroxylation is 3. The Bertz CT molecular complexity index is 785. The van der Waals surface area contributed by atoms with Gasteiger partial charge in [-0.05, 0) is 59.5 Å². The van der Waals surface area contributed by atoms with Crippen molar-refractivity contribution in [3.05, 3.63) is 57.8 Å². The van der Waals surface area contributed by atoms with Gasteiger partial charge in [0, 0.05) is 16.4 Å². The molecule has 3 nitrogen and oxygen atoms in total. The summed E-state index contributed by atoms with van der Waals surface area (Å²) in [6.07, 6.45) is 2.95. The molecule has 0 spiro atoms. The van der Waals surface area contributed by atoms with Crippen LogP contribution in [0.1, 0.15) is 23.7 Å². The van der Waals surface area contributed by atoms with Crippen LogP contribution in [0.2, 0.25) is 0 Å². The van der Waals surface area contributed by atoms with Crippen LogP contribution in [0, 0.1) is 13.8 Å². The van der Waals surface area contributed by atoms with Crippen LogP contribution in [0.4, 0.5) is 11.5 Å². The van der Waals surface area contributed by atoms with Gasteiger partial charge in [-0.3, -0.25) is 4.40 Å². The molecule has 3 aromatic rings. The first-order valence-corrected chi connectivity index (χ1v) is 7.89. The van der Waals surface area contributed by atoms with Crippen molar-refractivity contribution in [3.8, 4) is 0 Å².